The second kappa shape index (κ2) is 5.27. The predicted octanol–water partition coefficient (Wildman–Crippen LogP) is 3.34. The maximum Gasteiger partial charge on any atom is 0.137 e. The van der Waals surface area contributed by atoms with Crippen molar-refractivity contribution in [2.24, 2.45) is 5.73 Å². The average molecular weight is 267 g/mol. The molecule has 3 nitrogen and oxygen atoms in total. The highest BCUT2D eigenvalue weighted by molar-refractivity contribution is 5.64. The molecule has 1 aromatic heterocycles. The van der Waals surface area contributed by atoms with E-state index in [9.17, 15) is 4.39 Å². The molecule has 3 N–H and O–H groups in total. The van der Waals surface area contributed by atoms with Crippen LogP contribution in [0.2, 0.25) is 0 Å². The number of aromatic nitrogens is 2. The molecule has 3 rings (SSSR count). The Hall–Kier alpha value is -2.46. The lowest BCUT2D eigenvalue weighted by atomic mass is 10.1. The van der Waals surface area contributed by atoms with Crippen molar-refractivity contribution in [2.45, 2.75) is 6.54 Å². The summed E-state index contributed by atoms with van der Waals surface area (Å²) in [6.45, 7) is 0.491. The van der Waals surface area contributed by atoms with Crippen LogP contribution in [0.1, 0.15) is 5.56 Å². The molecular weight excluding hydrogens is 253 g/mol. The van der Waals surface area contributed by atoms with Gasteiger partial charge in [-0.3, -0.25) is 0 Å². The van der Waals surface area contributed by atoms with Gasteiger partial charge in [0.05, 0.1) is 11.9 Å². The number of nitrogens with two attached hydrogens (primary N) is 1. The van der Waals surface area contributed by atoms with Crippen LogP contribution in [-0.2, 0) is 6.54 Å². The molecule has 0 fully saturated rings. The molecule has 0 saturated carbocycles. The van der Waals surface area contributed by atoms with Crippen LogP contribution >= 0.6 is 0 Å². The number of nitrogens with zero attached hydrogens (tertiary/aromatic N) is 1. The van der Waals surface area contributed by atoms with Gasteiger partial charge in [0.1, 0.15) is 11.6 Å². The number of hydrogen-bond donors (Lipinski definition) is 2. The van der Waals surface area contributed by atoms with E-state index in [1.54, 1.807) is 12.3 Å². The largest absolute Gasteiger partial charge is 0.338 e. The Labute approximate surface area is 116 Å². The Balaban J connectivity index is 1.97. The Morgan fingerprint density at radius 1 is 1.05 bits per heavy atom. The van der Waals surface area contributed by atoms with E-state index in [-0.39, 0.29) is 5.82 Å². The van der Waals surface area contributed by atoms with Crippen molar-refractivity contribution in [3.05, 3.63) is 66.1 Å². The molecule has 0 radical (unpaired) electrons. The zero-order valence-electron chi connectivity index (χ0n) is 10.8. The molecule has 0 aliphatic heterocycles. The fourth-order valence-electron chi connectivity index (χ4n) is 2.12. The Kier molecular flexibility index (Phi) is 3.31. The molecule has 0 saturated heterocycles. The summed E-state index contributed by atoms with van der Waals surface area (Å²) in [7, 11) is 0. The first-order valence-electron chi connectivity index (χ1n) is 6.36. The van der Waals surface area contributed by atoms with Gasteiger partial charge in [-0.15, -0.1) is 0 Å². The summed E-state index contributed by atoms with van der Waals surface area (Å²) in [5, 5.41) is 0. The maximum atomic E-state index is 13.2. The summed E-state index contributed by atoms with van der Waals surface area (Å²) in [6.07, 6.45) is 1.71. The minimum atomic E-state index is -0.260. The summed E-state index contributed by atoms with van der Waals surface area (Å²) in [5.74, 6) is 0.489. The minimum absolute atomic E-state index is 0.260. The van der Waals surface area contributed by atoms with Crippen LogP contribution in [0.3, 0.4) is 0 Å². The third kappa shape index (κ3) is 2.46. The molecule has 0 atom stereocenters. The molecule has 0 amide bonds. The van der Waals surface area contributed by atoms with Gasteiger partial charge in [-0.2, -0.15) is 0 Å². The molecule has 0 aliphatic rings. The van der Waals surface area contributed by atoms with Crippen LogP contribution in [0.15, 0.2) is 54.7 Å². The molecule has 100 valence electrons. The second-order valence-electron chi connectivity index (χ2n) is 4.56. The van der Waals surface area contributed by atoms with E-state index in [0.29, 0.717) is 6.54 Å². The van der Waals surface area contributed by atoms with Gasteiger partial charge in [0.2, 0.25) is 0 Å². The quantitative estimate of drug-likeness (QED) is 0.764. The van der Waals surface area contributed by atoms with Crippen molar-refractivity contribution in [1.29, 1.82) is 0 Å². The van der Waals surface area contributed by atoms with E-state index in [1.807, 2.05) is 30.3 Å². The minimum Gasteiger partial charge on any atom is -0.338 e. The van der Waals surface area contributed by atoms with Crippen molar-refractivity contribution in [1.82, 2.24) is 9.97 Å². The van der Waals surface area contributed by atoms with Gasteiger partial charge >= 0.3 is 0 Å². The predicted molar refractivity (Wildman–Crippen MR) is 77.3 cm³/mol. The molecule has 3 aromatic rings. The Morgan fingerprint density at radius 2 is 1.85 bits per heavy atom. The highest BCUT2D eigenvalue weighted by Gasteiger charge is 2.06. The Bertz CT molecular complexity index is 734. The number of benzene rings is 2. The van der Waals surface area contributed by atoms with E-state index in [0.717, 1.165) is 28.2 Å². The zero-order chi connectivity index (χ0) is 13.9. The van der Waals surface area contributed by atoms with Gasteiger partial charge < -0.3 is 10.7 Å². The molecule has 0 unspecified atom stereocenters. The van der Waals surface area contributed by atoms with Crippen molar-refractivity contribution in [3.8, 4) is 22.6 Å². The third-order valence-electron chi connectivity index (χ3n) is 3.15. The summed E-state index contributed by atoms with van der Waals surface area (Å²) < 4.78 is 13.2. The van der Waals surface area contributed by atoms with E-state index in [4.69, 9.17) is 5.73 Å². The fourth-order valence-corrected chi connectivity index (χ4v) is 2.12. The number of nitrogens with one attached hydrogen (secondary N) is 1. The van der Waals surface area contributed by atoms with E-state index in [2.05, 4.69) is 9.97 Å². The maximum absolute atomic E-state index is 13.2. The van der Waals surface area contributed by atoms with Crippen LogP contribution in [0, 0.1) is 5.82 Å². The van der Waals surface area contributed by atoms with Gasteiger partial charge in [-0.1, -0.05) is 30.3 Å². The number of halogens is 1. The summed E-state index contributed by atoms with van der Waals surface area (Å²) in [5.41, 5.74) is 9.22. The van der Waals surface area contributed by atoms with Crippen LogP contribution in [0.4, 0.5) is 4.39 Å². The molecule has 2 aromatic carbocycles. The lowest BCUT2D eigenvalue weighted by Crippen LogP contribution is -1.96. The molecule has 4 heteroatoms. The highest BCUT2D eigenvalue weighted by atomic mass is 19.1. The zero-order valence-corrected chi connectivity index (χ0v) is 10.8. The number of imidazole rings is 1. The molecular formula is C16H14FN3. The van der Waals surface area contributed by atoms with Crippen molar-refractivity contribution in [2.75, 3.05) is 0 Å². The van der Waals surface area contributed by atoms with Crippen LogP contribution in [0.25, 0.3) is 22.6 Å². The van der Waals surface area contributed by atoms with E-state index >= 15 is 0 Å². The van der Waals surface area contributed by atoms with Crippen LogP contribution < -0.4 is 5.73 Å². The first-order chi connectivity index (χ1) is 9.76. The standard InChI is InChI=1S/C16H14FN3/c17-14-6-2-4-12(8-14)15-10-19-16(20-15)13-5-1-3-11(7-13)9-18/h1-8,10H,9,18H2,(H,19,20). The first-order valence-corrected chi connectivity index (χ1v) is 6.36. The summed E-state index contributed by atoms with van der Waals surface area (Å²) in [4.78, 5) is 7.55. The smallest absolute Gasteiger partial charge is 0.137 e. The average Bonchev–Trinajstić information content (AvgIpc) is 2.97. The van der Waals surface area contributed by atoms with Gasteiger partial charge in [0, 0.05) is 17.7 Å². The lowest BCUT2D eigenvalue weighted by Gasteiger charge is -2.01. The molecule has 0 aliphatic carbocycles. The van der Waals surface area contributed by atoms with Crippen LogP contribution in [-0.4, -0.2) is 9.97 Å². The fraction of sp³-hybridized carbons (Fsp3) is 0.0625. The summed E-state index contributed by atoms with van der Waals surface area (Å²) in [6, 6.07) is 14.3. The second-order valence-corrected chi connectivity index (χ2v) is 4.56. The number of rotatable bonds is 3. The molecule has 1 heterocycles. The molecule has 20 heavy (non-hydrogen) atoms. The third-order valence-corrected chi connectivity index (χ3v) is 3.15. The topological polar surface area (TPSA) is 54.7 Å². The molecule has 0 bridgehead atoms. The van der Waals surface area contributed by atoms with Crippen molar-refractivity contribution in [3.63, 3.8) is 0 Å². The van der Waals surface area contributed by atoms with E-state index < -0.39 is 0 Å². The van der Waals surface area contributed by atoms with E-state index in [1.165, 1.54) is 12.1 Å². The SMILES string of the molecule is NCc1cccc(-c2ncc(-c3cccc(F)c3)[nH]2)c1. The highest BCUT2D eigenvalue weighted by Crippen LogP contribution is 2.23. The van der Waals surface area contributed by atoms with Gasteiger partial charge in [0.25, 0.3) is 0 Å². The lowest BCUT2D eigenvalue weighted by molar-refractivity contribution is 0.628. The van der Waals surface area contributed by atoms with Gasteiger partial charge in [-0.25, -0.2) is 9.37 Å². The summed E-state index contributed by atoms with van der Waals surface area (Å²) >= 11 is 0. The van der Waals surface area contributed by atoms with Crippen LogP contribution in [0.5, 0.6) is 0 Å². The normalized spacial score (nSPS) is 10.7. The Morgan fingerprint density at radius 3 is 2.65 bits per heavy atom. The van der Waals surface area contributed by atoms with Crippen molar-refractivity contribution < 1.29 is 4.39 Å². The van der Waals surface area contributed by atoms with Crippen molar-refractivity contribution >= 4 is 0 Å². The molecule has 0 spiro atoms. The first kappa shape index (κ1) is 12.6. The number of H-pyrrole nitrogens is 1. The van der Waals surface area contributed by atoms with Gasteiger partial charge in [-0.05, 0) is 23.8 Å². The number of hydrogen-bond acceptors (Lipinski definition) is 2. The number of aromatic amines is 1. The van der Waals surface area contributed by atoms with Gasteiger partial charge in [0.15, 0.2) is 0 Å². The monoisotopic (exact) mass is 267 g/mol.